The van der Waals surface area contributed by atoms with Crippen molar-refractivity contribution >= 4 is 5.91 Å². The van der Waals surface area contributed by atoms with E-state index < -0.39 is 0 Å². The molecule has 1 amide bonds. The predicted octanol–water partition coefficient (Wildman–Crippen LogP) is -0.431. The van der Waals surface area contributed by atoms with Crippen LogP contribution in [0.2, 0.25) is 0 Å². The molecule has 4 heteroatoms. The summed E-state index contributed by atoms with van der Waals surface area (Å²) in [6, 6.07) is 0. The number of amides is 1. The van der Waals surface area contributed by atoms with Crippen LogP contribution in [-0.2, 0) is 9.53 Å². The van der Waals surface area contributed by atoms with Gasteiger partial charge < -0.3 is 4.74 Å². The highest BCUT2D eigenvalue weighted by atomic mass is 16.5. The minimum absolute atomic E-state index is 0.218. The fraction of sp³-hybridized carbons (Fsp3) is 0.500. The molecule has 0 aliphatic heterocycles. The number of carbonyl (C=O) groups excluding carboxylic acids is 1. The summed E-state index contributed by atoms with van der Waals surface area (Å²) in [5.41, 5.74) is 2.00. The molecule has 0 saturated heterocycles. The quantitative estimate of drug-likeness (QED) is 0.181. The van der Waals surface area contributed by atoms with E-state index in [4.69, 9.17) is 10.6 Å². The highest BCUT2D eigenvalue weighted by Crippen LogP contribution is 1.81. The molecule has 3 N–H and O–H groups in total. The number of hydrazine groups is 1. The molecule has 58 valence electrons. The van der Waals surface area contributed by atoms with Gasteiger partial charge in [-0.1, -0.05) is 6.08 Å². The van der Waals surface area contributed by atoms with E-state index in [-0.39, 0.29) is 5.91 Å². The Hall–Kier alpha value is -0.870. The molecule has 0 heterocycles. The molecule has 0 aromatic rings. The Morgan fingerprint density at radius 1 is 1.80 bits per heavy atom. The fourth-order valence-corrected chi connectivity index (χ4v) is 0.404. The van der Waals surface area contributed by atoms with Crippen molar-refractivity contribution in [1.29, 1.82) is 0 Å². The standard InChI is InChI=1S/C6H12N2O2/c1-2-4-10-5-3-6(9)8-7/h2H,1,3-5,7H2,(H,8,9). The maximum Gasteiger partial charge on any atom is 0.236 e. The lowest BCUT2D eigenvalue weighted by molar-refractivity contribution is -0.122. The van der Waals surface area contributed by atoms with Crippen molar-refractivity contribution in [2.24, 2.45) is 5.84 Å². The smallest absolute Gasteiger partial charge is 0.236 e. The first kappa shape index (κ1) is 9.13. The second-order valence-corrected chi connectivity index (χ2v) is 1.68. The third-order valence-electron chi connectivity index (χ3n) is 0.870. The Balaban J connectivity index is 3.03. The number of nitrogens with two attached hydrogens (primary N) is 1. The Bertz CT molecular complexity index is 114. The summed E-state index contributed by atoms with van der Waals surface area (Å²) in [5.74, 6) is 4.59. The van der Waals surface area contributed by atoms with E-state index >= 15 is 0 Å². The van der Waals surface area contributed by atoms with Gasteiger partial charge >= 0.3 is 0 Å². The molecule has 0 unspecified atom stereocenters. The Labute approximate surface area is 60.0 Å². The van der Waals surface area contributed by atoms with Crippen LogP contribution < -0.4 is 11.3 Å². The Morgan fingerprint density at radius 2 is 2.50 bits per heavy atom. The van der Waals surface area contributed by atoms with Crippen LogP contribution in [0.1, 0.15) is 6.42 Å². The van der Waals surface area contributed by atoms with Gasteiger partial charge in [0.2, 0.25) is 5.91 Å². The van der Waals surface area contributed by atoms with Crippen molar-refractivity contribution in [2.75, 3.05) is 13.2 Å². The topological polar surface area (TPSA) is 64.3 Å². The first-order chi connectivity index (χ1) is 4.81. The molecular weight excluding hydrogens is 132 g/mol. The molecule has 0 atom stereocenters. The van der Waals surface area contributed by atoms with Crippen molar-refractivity contribution in [1.82, 2.24) is 5.43 Å². The molecule has 4 nitrogen and oxygen atoms in total. The highest BCUT2D eigenvalue weighted by molar-refractivity contribution is 5.75. The summed E-state index contributed by atoms with van der Waals surface area (Å²) >= 11 is 0. The van der Waals surface area contributed by atoms with Crippen LogP contribution in [0, 0.1) is 0 Å². The normalized spacial score (nSPS) is 8.90. The van der Waals surface area contributed by atoms with E-state index in [1.807, 2.05) is 5.43 Å². The van der Waals surface area contributed by atoms with Crippen molar-refractivity contribution in [3.05, 3.63) is 12.7 Å². The first-order valence-corrected chi connectivity index (χ1v) is 2.99. The maximum atomic E-state index is 10.4. The van der Waals surface area contributed by atoms with Gasteiger partial charge in [-0.25, -0.2) is 5.84 Å². The predicted molar refractivity (Wildman–Crippen MR) is 38.0 cm³/mol. The van der Waals surface area contributed by atoms with Crippen molar-refractivity contribution in [2.45, 2.75) is 6.42 Å². The van der Waals surface area contributed by atoms with Crippen LogP contribution in [0.4, 0.5) is 0 Å². The zero-order chi connectivity index (χ0) is 7.82. The molecule has 0 radical (unpaired) electrons. The van der Waals surface area contributed by atoms with Crippen molar-refractivity contribution in [3.63, 3.8) is 0 Å². The molecule has 0 aromatic heterocycles. The van der Waals surface area contributed by atoms with Gasteiger partial charge in [-0.15, -0.1) is 6.58 Å². The van der Waals surface area contributed by atoms with E-state index in [1.54, 1.807) is 6.08 Å². The van der Waals surface area contributed by atoms with E-state index in [1.165, 1.54) is 0 Å². The lowest BCUT2D eigenvalue weighted by atomic mass is 10.4. The number of nitrogens with one attached hydrogen (secondary N) is 1. The fourth-order valence-electron chi connectivity index (χ4n) is 0.404. The number of rotatable bonds is 5. The average molecular weight is 144 g/mol. The third-order valence-corrected chi connectivity index (χ3v) is 0.870. The first-order valence-electron chi connectivity index (χ1n) is 2.99. The van der Waals surface area contributed by atoms with Gasteiger partial charge in [0.25, 0.3) is 0 Å². The summed E-state index contributed by atoms with van der Waals surface area (Å²) in [4.78, 5) is 10.4. The van der Waals surface area contributed by atoms with E-state index in [0.29, 0.717) is 19.6 Å². The zero-order valence-corrected chi connectivity index (χ0v) is 5.80. The van der Waals surface area contributed by atoms with Gasteiger partial charge in [-0.05, 0) is 0 Å². The molecule has 0 fully saturated rings. The van der Waals surface area contributed by atoms with Gasteiger partial charge in [0, 0.05) is 0 Å². The van der Waals surface area contributed by atoms with Crippen LogP contribution in [0.5, 0.6) is 0 Å². The lowest BCUT2D eigenvalue weighted by Crippen LogP contribution is -2.30. The minimum Gasteiger partial charge on any atom is -0.377 e. The van der Waals surface area contributed by atoms with Crippen LogP contribution in [0.15, 0.2) is 12.7 Å². The van der Waals surface area contributed by atoms with Gasteiger partial charge in [0.15, 0.2) is 0 Å². The summed E-state index contributed by atoms with van der Waals surface area (Å²) in [7, 11) is 0. The van der Waals surface area contributed by atoms with Crippen molar-refractivity contribution in [3.8, 4) is 0 Å². The molecular formula is C6H12N2O2. The van der Waals surface area contributed by atoms with Crippen LogP contribution in [0.3, 0.4) is 0 Å². The van der Waals surface area contributed by atoms with Crippen LogP contribution >= 0.6 is 0 Å². The Morgan fingerprint density at radius 3 is 3.00 bits per heavy atom. The summed E-state index contributed by atoms with van der Waals surface area (Å²) < 4.78 is 4.92. The molecule has 0 aliphatic rings. The maximum absolute atomic E-state index is 10.4. The number of ether oxygens (including phenoxy) is 1. The van der Waals surface area contributed by atoms with E-state index in [9.17, 15) is 4.79 Å². The molecule has 0 aliphatic carbocycles. The minimum atomic E-state index is -0.218. The largest absolute Gasteiger partial charge is 0.377 e. The van der Waals surface area contributed by atoms with Crippen LogP contribution in [-0.4, -0.2) is 19.1 Å². The molecule has 0 aromatic carbocycles. The zero-order valence-electron chi connectivity index (χ0n) is 5.80. The van der Waals surface area contributed by atoms with Gasteiger partial charge in [-0.3, -0.25) is 10.2 Å². The van der Waals surface area contributed by atoms with Crippen molar-refractivity contribution < 1.29 is 9.53 Å². The molecule has 10 heavy (non-hydrogen) atoms. The molecule has 0 spiro atoms. The lowest BCUT2D eigenvalue weighted by Gasteiger charge is -1.98. The highest BCUT2D eigenvalue weighted by Gasteiger charge is 1.95. The summed E-state index contributed by atoms with van der Waals surface area (Å²) in [5, 5.41) is 0. The second-order valence-electron chi connectivity index (χ2n) is 1.68. The summed E-state index contributed by atoms with van der Waals surface area (Å²) in [6.07, 6.45) is 1.92. The van der Waals surface area contributed by atoms with E-state index in [0.717, 1.165) is 0 Å². The van der Waals surface area contributed by atoms with E-state index in [2.05, 4.69) is 6.58 Å². The van der Waals surface area contributed by atoms with Gasteiger partial charge in [0.1, 0.15) is 0 Å². The monoisotopic (exact) mass is 144 g/mol. The SMILES string of the molecule is C=CCOCCC(=O)NN. The Kier molecular flexibility index (Phi) is 5.71. The summed E-state index contributed by atoms with van der Waals surface area (Å²) in [6.45, 7) is 4.30. The molecule has 0 saturated carbocycles. The second kappa shape index (κ2) is 6.25. The average Bonchev–Trinajstić information content (AvgIpc) is 1.98. The third kappa shape index (κ3) is 5.27. The molecule has 0 bridgehead atoms. The van der Waals surface area contributed by atoms with Crippen LogP contribution in [0.25, 0.3) is 0 Å². The van der Waals surface area contributed by atoms with Gasteiger partial charge in [0.05, 0.1) is 19.6 Å². The number of carbonyl (C=O) groups is 1. The number of hydrogen-bond donors (Lipinski definition) is 2. The molecule has 0 rings (SSSR count). The van der Waals surface area contributed by atoms with Gasteiger partial charge in [-0.2, -0.15) is 0 Å². The number of hydrogen-bond acceptors (Lipinski definition) is 3.